The molecule has 18 heavy (non-hydrogen) atoms. The third-order valence-electron chi connectivity index (χ3n) is 3.27. The first-order valence-electron chi connectivity index (χ1n) is 5.94. The van der Waals surface area contributed by atoms with Crippen molar-refractivity contribution in [3.8, 4) is 5.75 Å². The number of ether oxygens (including phenoxy) is 1. The normalized spacial score (nSPS) is 18.8. The highest BCUT2D eigenvalue weighted by Gasteiger charge is 2.30. The Morgan fingerprint density at radius 3 is 2.44 bits per heavy atom. The molecule has 0 amide bonds. The minimum Gasteiger partial charge on any atom is -0.490 e. The van der Waals surface area contributed by atoms with Crippen molar-refractivity contribution in [2.75, 3.05) is 6.61 Å². The average molecular weight is 270 g/mol. The predicted octanol–water partition coefficient (Wildman–Crippen LogP) is 0.984. The molecule has 1 aliphatic carbocycles. The molecule has 5 nitrogen and oxygen atoms in total. The molecular formula is C12H18N2O3S. The molecule has 0 unspecified atom stereocenters. The smallest absolute Gasteiger partial charge is 0.241 e. The molecule has 0 saturated heterocycles. The van der Waals surface area contributed by atoms with Crippen LogP contribution in [-0.4, -0.2) is 20.6 Å². The van der Waals surface area contributed by atoms with E-state index in [1.807, 2.05) is 0 Å². The first kappa shape index (κ1) is 13.3. The van der Waals surface area contributed by atoms with Crippen molar-refractivity contribution in [2.45, 2.75) is 36.1 Å². The Labute approximate surface area is 107 Å². The van der Waals surface area contributed by atoms with Gasteiger partial charge in [-0.2, -0.15) is 0 Å². The van der Waals surface area contributed by atoms with E-state index < -0.39 is 10.0 Å². The van der Waals surface area contributed by atoms with Gasteiger partial charge in [-0.3, -0.25) is 0 Å². The van der Waals surface area contributed by atoms with Gasteiger partial charge in [0.2, 0.25) is 10.0 Å². The molecule has 1 aromatic carbocycles. The molecule has 0 heterocycles. The lowest BCUT2D eigenvalue weighted by Crippen LogP contribution is -2.42. The van der Waals surface area contributed by atoms with Crippen molar-refractivity contribution in [3.05, 3.63) is 24.3 Å². The van der Waals surface area contributed by atoms with E-state index in [0.717, 1.165) is 25.7 Å². The Morgan fingerprint density at radius 2 is 1.83 bits per heavy atom. The summed E-state index contributed by atoms with van der Waals surface area (Å²) in [5.74, 6) is 0.275. The molecule has 6 heteroatoms. The number of hydrogen-bond donors (Lipinski definition) is 2. The van der Waals surface area contributed by atoms with Crippen LogP contribution in [0.1, 0.15) is 25.7 Å². The summed E-state index contributed by atoms with van der Waals surface area (Å²) in [4.78, 5) is 0.00611. The van der Waals surface area contributed by atoms with Crippen LogP contribution in [0.2, 0.25) is 0 Å². The highest BCUT2D eigenvalue weighted by atomic mass is 32.2. The van der Waals surface area contributed by atoms with E-state index >= 15 is 0 Å². The van der Waals surface area contributed by atoms with Crippen LogP contribution in [0.25, 0.3) is 0 Å². The van der Waals surface area contributed by atoms with Gasteiger partial charge in [0.25, 0.3) is 0 Å². The van der Waals surface area contributed by atoms with Crippen LogP contribution in [0.3, 0.4) is 0 Å². The van der Waals surface area contributed by atoms with Gasteiger partial charge >= 0.3 is 0 Å². The molecule has 1 fully saturated rings. The predicted molar refractivity (Wildman–Crippen MR) is 68.7 cm³/mol. The Hall–Kier alpha value is -1.11. The number of sulfonamides is 1. The molecule has 4 N–H and O–H groups in total. The van der Waals surface area contributed by atoms with E-state index in [2.05, 4.69) is 0 Å². The summed E-state index contributed by atoms with van der Waals surface area (Å²) in [5, 5.41) is 5.14. The summed E-state index contributed by atoms with van der Waals surface area (Å²) >= 11 is 0. The van der Waals surface area contributed by atoms with Gasteiger partial charge in [0, 0.05) is 0 Å². The van der Waals surface area contributed by atoms with Gasteiger partial charge in [-0.15, -0.1) is 0 Å². The summed E-state index contributed by atoms with van der Waals surface area (Å²) in [6, 6.07) is 6.35. The number of primary sulfonamides is 1. The van der Waals surface area contributed by atoms with E-state index in [1.165, 1.54) is 6.07 Å². The SMILES string of the molecule is NC1(COc2ccccc2S(N)(=O)=O)CCCC1. The van der Waals surface area contributed by atoms with Crippen LogP contribution >= 0.6 is 0 Å². The minimum absolute atomic E-state index is 0.00611. The van der Waals surface area contributed by atoms with E-state index in [4.69, 9.17) is 15.6 Å². The summed E-state index contributed by atoms with van der Waals surface area (Å²) in [5.41, 5.74) is 5.82. The van der Waals surface area contributed by atoms with Crippen molar-refractivity contribution >= 4 is 10.0 Å². The van der Waals surface area contributed by atoms with Gasteiger partial charge in [0.05, 0.1) is 5.54 Å². The fraction of sp³-hybridized carbons (Fsp3) is 0.500. The molecule has 0 aromatic heterocycles. The maximum Gasteiger partial charge on any atom is 0.241 e. The highest BCUT2D eigenvalue weighted by molar-refractivity contribution is 7.89. The van der Waals surface area contributed by atoms with E-state index in [-0.39, 0.29) is 16.2 Å². The number of nitrogens with two attached hydrogens (primary N) is 2. The van der Waals surface area contributed by atoms with Gasteiger partial charge in [0.1, 0.15) is 17.3 Å². The molecule has 2 rings (SSSR count). The number of rotatable bonds is 4. The Bertz CT molecular complexity index is 522. The van der Waals surface area contributed by atoms with Gasteiger partial charge in [0.15, 0.2) is 0 Å². The lowest BCUT2D eigenvalue weighted by atomic mass is 10.0. The lowest BCUT2D eigenvalue weighted by Gasteiger charge is -2.24. The van der Waals surface area contributed by atoms with Crippen LogP contribution in [0.15, 0.2) is 29.2 Å². The van der Waals surface area contributed by atoms with Crippen LogP contribution in [0, 0.1) is 0 Å². The van der Waals surface area contributed by atoms with Gasteiger partial charge in [-0.25, -0.2) is 13.6 Å². The summed E-state index contributed by atoms with van der Waals surface area (Å²) in [6.45, 7) is 0.319. The van der Waals surface area contributed by atoms with Gasteiger partial charge < -0.3 is 10.5 Å². The quantitative estimate of drug-likeness (QED) is 0.852. The molecule has 1 aliphatic rings. The first-order valence-corrected chi connectivity index (χ1v) is 7.49. The van der Waals surface area contributed by atoms with E-state index in [1.54, 1.807) is 18.2 Å². The van der Waals surface area contributed by atoms with Crippen molar-refractivity contribution in [3.63, 3.8) is 0 Å². The Kier molecular flexibility index (Phi) is 3.61. The first-order chi connectivity index (χ1) is 8.41. The molecular weight excluding hydrogens is 252 g/mol. The van der Waals surface area contributed by atoms with Crippen molar-refractivity contribution < 1.29 is 13.2 Å². The molecule has 0 bridgehead atoms. The maximum atomic E-state index is 11.4. The second kappa shape index (κ2) is 4.87. The summed E-state index contributed by atoms with van der Waals surface area (Å²) < 4.78 is 28.4. The maximum absolute atomic E-state index is 11.4. The van der Waals surface area contributed by atoms with Crippen LogP contribution in [-0.2, 0) is 10.0 Å². The van der Waals surface area contributed by atoms with Crippen LogP contribution in [0.4, 0.5) is 0 Å². The summed E-state index contributed by atoms with van der Waals surface area (Å²) in [6.07, 6.45) is 4.00. The monoisotopic (exact) mass is 270 g/mol. The Balaban J connectivity index is 2.15. The number of hydrogen-bond acceptors (Lipinski definition) is 4. The van der Waals surface area contributed by atoms with Crippen molar-refractivity contribution in [1.82, 2.24) is 0 Å². The lowest BCUT2D eigenvalue weighted by molar-refractivity contribution is 0.216. The van der Waals surface area contributed by atoms with Crippen molar-refractivity contribution in [1.29, 1.82) is 0 Å². The fourth-order valence-corrected chi connectivity index (χ4v) is 2.93. The van der Waals surface area contributed by atoms with Crippen LogP contribution in [0.5, 0.6) is 5.75 Å². The Morgan fingerprint density at radius 1 is 1.22 bits per heavy atom. The molecule has 0 atom stereocenters. The van der Waals surface area contributed by atoms with Gasteiger partial charge in [-0.05, 0) is 25.0 Å². The van der Waals surface area contributed by atoms with E-state index in [0.29, 0.717) is 6.61 Å². The number of benzene rings is 1. The minimum atomic E-state index is -3.76. The number of para-hydroxylation sites is 1. The fourth-order valence-electron chi connectivity index (χ4n) is 2.25. The summed E-state index contributed by atoms with van der Waals surface area (Å²) in [7, 11) is -3.76. The second-order valence-corrected chi connectivity index (χ2v) is 6.38. The zero-order chi connectivity index (χ0) is 13.2. The standard InChI is InChI=1S/C12H18N2O3S/c13-12(7-3-4-8-12)9-17-10-5-1-2-6-11(10)18(14,15)16/h1-2,5-6H,3-4,7-9,13H2,(H2,14,15,16). The molecule has 0 radical (unpaired) electrons. The molecule has 100 valence electrons. The van der Waals surface area contributed by atoms with Crippen LogP contribution < -0.4 is 15.6 Å². The highest BCUT2D eigenvalue weighted by Crippen LogP contribution is 2.29. The topological polar surface area (TPSA) is 95.4 Å². The third-order valence-corrected chi connectivity index (χ3v) is 4.22. The van der Waals surface area contributed by atoms with E-state index in [9.17, 15) is 8.42 Å². The van der Waals surface area contributed by atoms with Crippen molar-refractivity contribution in [2.24, 2.45) is 10.9 Å². The zero-order valence-corrected chi connectivity index (χ0v) is 10.9. The second-order valence-electron chi connectivity index (χ2n) is 4.85. The molecule has 0 aliphatic heterocycles. The van der Waals surface area contributed by atoms with Gasteiger partial charge in [-0.1, -0.05) is 25.0 Å². The molecule has 1 aromatic rings. The molecule has 0 spiro atoms. The zero-order valence-electron chi connectivity index (χ0n) is 10.1. The third kappa shape index (κ3) is 3.01. The molecule has 1 saturated carbocycles. The largest absolute Gasteiger partial charge is 0.490 e. The average Bonchev–Trinajstić information content (AvgIpc) is 2.73.